The molecule has 2 heteroatoms. The van der Waals surface area contributed by atoms with Crippen molar-refractivity contribution >= 4 is 5.97 Å². The molecule has 0 aliphatic heterocycles. The van der Waals surface area contributed by atoms with Gasteiger partial charge in [0.05, 0.1) is 12.7 Å². The zero-order valence-corrected chi connectivity index (χ0v) is 8.39. The maximum atomic E-state index is 10.9. The molecule has 0 rings (SSSR count). The van der Waals surface area contributed by atoms with Crippen LogP contribution in [0.4, 0.5) is 0 Å². The van der Waals surface area contributed by atoms with Crippen LogP contribution in [0.2, 0.25) is 0 Å². The number of carbonyl (C=O) groups excluding carboxylic acids is 1. The Morgan fingerprint density at radius 2 is 1.92 bits per heavy atom. The van der Waals surface area contributed by atoms with Crippen molar-refractivity contribution in [2.24, 2.45) is 5.41 Å². The van der Waals surface area contributed by atoms with E-state index >= 15 is 0 Å². The molecule has 0 aromatic heterocycles. The van der Waals surface area contributed by atoms with Crippen LogP contribution in [0.1, 0.15) is 27.7 Å². The summed E-state index contributed by atoms with van der Waals surface area (Å²) >= 11 is 0. The van der Waals surface area contributed by atoms with E-state index in [-0.39, 0.29) is 11.4 Å². The fourth-order valence-corrected chi connectivity index (χ4v) is 0.537. The van der Waals surface area contributed by atoms with E-state index in [0.29, 0.717) is 5.57 Å². The lowest BCUT2D eigenvalue weighted by atomic mass is 9.97. The Kier molecular flexibility index (Phi) is 3.78. The molecule has 0 fully saturated rings. The van der Waals surface area contributed by atoms with Gasteiger partial charge in [0.15, 0.2) is 0 Å². The van der Waals surface area contributed by atoms with E-state index in [1.807, 2.05) is 26.8 Å². The van der Waals surface area contributed by atoms with Crippen molar-refractivity contribution in [3.8, 4) is 0 Å². The van der Waals surface area contributed by atoms with E-state index in [0.717, 1.165) is 0 Å². The Morgan fingerprint density at radius 3 is 2.25 bits per heavy atom. The third kappa shape index (κ3) is 4.75. The first-order valence-corrected chi connectivity index (χ1v) is 3.89. The number of ether oxygens (including phenoxy) is 1. The predicted octanol–water partition coefficient (Wildman–Crippen LogP) is 2.31. The predicted molar refractivity (Wildman–Crippen MR) is 48.7 cm³/mol. The summed E-state index contributed by atoms with van der Waals surface area (Å²) in [7, 11) is 1.37. The van der Waals surface area contributed by atoms with E-state index in [2.05, 4.69) is 10.5 Å². The highest BCUT2D eigenvalue weighted by atomic mass is 16.5. The summed E-state index contributed by atoms with van der Waals surface area (Å²) in [6.45, 7) is 7.83. The Labute approximate surface area is 73.9 Å². The van der Waals surface area contributed by atoms with Crippen LogP contribution in [0.3, 0.4) is 0 Å². The average Bonchev–Trinajstić information content (AvgIpc) is 1.97. The second-order valence-corrected chi connectivity index (χ2v) is 3.77. The first kappa shape index (κ1) is 11.0. The highest BCUT2D eigenvalue weighted by molar-refractivity contribution is 5.87. The van der Waals surface area contributed by atoms with Gasteiger partial charge in [-0.15, -0.1) is 5.73 Å². The second kappa shape index (κ2) is 4.13. The molecule has 0 atom stereocenters. The van der Waals surface area contributed by atoms with Gasteiger partial charge in [0.1, 0.15) is 0 Å². The Bertz CT molecular complexity index is 225. The molecule has 0 aromatic rings. The van der Waals surface area contributed by atoms with E-state index in [9.17, 15) is 4.79 Å². The summed E-state index contributed by atoms with van der Waals surface area (Å²) < 4.78 is 4.52. The number of hydrogen-bond donors (Lipinski definition) is 0. The van der Waals surface area contributed by atoms with Gasteiger partial charge in [0.2, 0.25) is 0 Å². The smallest absolute Gasteiger partial charge is 0.341 e. The second-order valence-electron chi connectivity index (χ2n) is 3.77. The van der Waals surface area contributed by atoms with Crippen molar-refractivity contribution in [2.75, 3.05) is 7.11 Å². The van der Waals surface area contributed by atoms with Crippen molar-refractivity contribution in [2.45, 2.75) is 27.7 Å². The fraction of sp³-hybridized carbons (Fsp3) is 0.600. The van der Waals surface area contributed by atoms with Gasteiger partial charge in [0.25, 0.3) is 0 Å². The van der Waals surface area contributed by atoms with E-state index in [1.54, 1.807) is 6.92 Å². The van der Waals surface area contributed by atoms with E-state index < -0.39 is 0 Å². The molecule has 0 unspecified atom stereocenters. The summed E-state index contributed by atoms with van der Waals surface area (Å²) in [6, 6.07) is 0. The molecule has 0 bridgehead atoms. The molecule has 0 saturated carbocycles. The minimum Gasteiger partial charge on any atom is -0.465 e. The van der Waals surface area contributed by atoms with Crippen molar-refractivity contribution in [3.63, 3.8) is 0 Å². The normalized spacial score (nSPS) is 10.1. The van der Waals surface area contributed by atoms with Gasteiger partial charge in [0, 0.05) is 0 Å². The quantitative estimate of drug-likeness (QED) is 0.341. The molecule has 0 aliphatic carbocycles. The SMILES string of the molecule is COC(=O)C(C)=C=CC(C)(C)C. The fourth-order valence-electron chi connectivity index (χ4n) is 0.537. The van der Waals surface area contributed by atoms with Crippen LogP contribution < -0.4 is 0 Å². The lowest BCUT2D eigenvalue weighted by Gasteiger charge is -2.08. The first-order valence-electron chi connectivity index (χ1n) is 3.89. The van der Waals surface area contributed by atoms with Crippen LogP contribution >= 0.6 is 0 Å². The maximum absolute atomic E-state index is 10.9. The van der Waals surface area contributed by atoms with E-state index in [4.69, 9.17) is 0 Å². The number of carbonyl (C=O) groups is 1. The van der Waals surface area contributed by atoms with Crippen molar-refractivity contribution in [1.82, 2.24) is 0 Å². The molecule has 68 valence electrons. The first-order chi connectivity index (χ1) is 5.37. The van der Waals surface area contributed by atoms with Crippen molar-refractivity contribution < 1.29 is 9.53 Å². The molecule has 0 heterocycles. The van der Waals surface area contributed by atoms with Crippen LogP contribution in [0, 0.1) is 5.41 Å². The van der Waals surface area contributed by atoms with Crippen molar-refractivity contribution in [3.05, 3.63) is 17.4 Å². The number of hydrogen-bond acceptors (Lipinski definition) is 2. The zero-order chi connectivity index (χ0) is 9.78. The van der Waals surface area contributed by atoms with Crippen molar-refractivity contribution in [1.29, 1.82) is 0 Å². The molecule has 0 amide bonds. The third-order valence-corrected chi connectivity index (χ3v) is 1.21. The van der Waals surface area contributed by atoms with Gasteiger partial charge in [-0.2, -0.15) is 0 Å². The number of rotatable bonds is 1. The molecule has 0 spiro atoms. The molecule has 0 saturated heterocycles. The van der Waals surface area contributed by atoms with Crippen LogP contribution in [0.15, 0.2) is 17.4 Å². The van der Waals surface area contributed by atoms with Crippen LogP contribution in [-0.4, -0.2) is 13.1 Å². The Balaban J connectivity index is 4.56. The summed E-state index contributed by atoms with van der Waals surface area (Å²) in [4.78, 5) is 10.9. The minimum absolute atomic E-state index is 0.0509. The largest absolute Gasteiger partial charge is 0.465 e. The molecule has 0 aliphatic rings. The molecule has 0 aromatic carbocycles. The molecule has 2 nitrogen and oxygen atoms in total. The molecular formula is C10H16O2. The summed E-state index contributed by atoms with van der Waals surface area (Å²) in [5.74, 6) is -0.324. The topological polar surface area (TPSA) is 26.3 Å². The highest BCUT2D eigenvalue weighted by Gasteiger charge is 2.05. The van der Waals surface area contributed by atoms with Crippen LogP contribution in [-0.2, 0) is 9.53 Å². The Hall–Kier alpha value is -1.01. The van der Waals surface area contributed by atoms with Gasteiger partial charge >= 0.3 is 5.97 Å². The third-order valence-electron chi connectivity index (χ3n) is 1.21. The lowest BCUT2D eigenvalue weighted by Crippen LogP contribution is -2.02. The van der Waals surface area contributed by atoms with Crippen LogP contribution in [0.5, 0.6) is 0 Å². The van der Waals surface area contributed by atoms with Gasteiger partial charge in [-0.1, -0.05) is 20.8 Å². The summed E-state index contributed by atoms with van der Waals surface area (Å²) in [6.07, 6.45) is 1.86. The summed E-state index contributed by atoms with van der Waals surface area (Å²) in [5, 5.41) is 0. The molecule has 0 radical (unpaired) electrons. The zero-order valence-electron chi connectivity index (χ0n) is 8.39. The van der Waals surface area contributed by atoms with Crippen LogP contribution in [0.25, 0.3) is 0 Å². The minimum atomic E-state index is -0.324. The lowest BCUT2D eigenvalue weighted by molar-refractivity contribution is -0.136. The monoisotopic (exact) mass is 168 g/mol. The number of esters is 1. The average molecular weight is 168 g/mol. The molecular weight excluding hydrogens is 152 g/mol. The van der Waals surface area contributed by atoms with Gasteiger partial charge in [-0.05, 0) is 18.4 Å². The standard InChI is InChI=1S/C10H16O2/c1-8(9(11)12-5)6-7-10(2,3)4/h7H,1-5H3. The molecule has 12 heavy (non-hydrogen) atoms. The summed E-state index contributed by atoms with van der Waals surface area (Å²) in [5.41, 5.74) is 3.45. The van der Waals surface area contributed by atoms with Gasteiger partial charge in [-0.3, -0.25) is 0 Å². The highest BCUT2D eigenvalue weighted by Crippen LogP contribution is 2.13. The van der Waals surface area contributed by atoms with E-state index in [1.165, 1.54) is 7.11 Å². The number of methoxy groups -OCH3 is 1. The van der Waals surface area contributed by atoms with Gasteiger partial charge in [-0.25, -0.2) is 4.79 Å². The Morgan fingerprint density at radius 1 is 1.42 bits per heavy atom. The van der Waals surface area contributed by atoms with Gasteiger partial charge < -0.3 is 4.74 Å². The maximum Gasteiger partial charge on any atom is 0.341 e. The molecule has 0 N–H and O–H groups in total.